The van der Waals surface area contributed by atoms with Crippen LogP contribution in [-0.4, -0.2) is 23.9 Å². The van der Waals surface area contributed by atoms with Crippen molar-refractivity contribution in [2.45, 2.75) is 12.5 Å². The zero-order valence-corrected chi connectivity index (χ0v) is 13.5. The van der Waals surface area contributed by atoms with Crippen LogP contribution in [0.5, 0.6) is 0 Å². The number of hydrogen-bond acceptors (Lipinski definition) is 7. The van der Waals surface area contributed by atoms with Gasteiger partial charge in [0.1, 0.15) is 5.69 Å². The van der Waals surface area contributed by atoms with Crippen LogP contribution >= 0.6 is 11.3 Å². The van der Waals surface area contributed by atoms with Gasteiger partial charge in [-0.15, -0.1) is 11.3 Å². The lowest BCUT2D eigenvalue weighted by atomic mass is 10.1. The van der Waals surface area contributed by atoms with Crippen LogP contribution in [0.15, 0.2) is 35.7 Å². The number of carbonyl (C=O) groups is 2. The van der Waals surface area contributed by atoms with Crippen molar-refractivity contribution in [3.63, 3.8) is 0 Å². The summed E-state index contributed by atoms with van der Waals surface area (Å²) in [5.74, 6) is -1.02. The Morgan fingerprint density at radius 1 is 1.42 bits per heavy atom. The summed E-state index contributed by atoms with van der Waals surface area (Å²) in [4.78, 5) is 35.0. The van der Waals surface area contributed by atoms with Gasteiger partial charge in [-0.3, -0.25) is 19.7 Å². The van der Waals surface area contributed by atoms with E-state index in [2.05, 4.69) is 10.1 Å². The van der Waals surface area contributed by atoms with Gasteiger partial charge >= 0.3 is 5.97 Å². The van der Waals surface area contributed by atoms with Crippen LogP contribution in [-0.2, 0) is 9.53 Å². The van der Waals surface area contributed by atoms with Gasteiger partial charge in [-0.25, -0.2) is 0 Å². The maximum absolute atomic E-state index is 12.4. The Labute approximate surface area is 141 Å². The van der Waals surface area contributed by atoms with Crippen molar-refractivity contribution in [2.75, 3.05) is 12.8 Å². The summed E-state index contributed by atoms with van der Waals surface area (Å²) in [6.45, 7) is 0. The number of hydrogen-bond donors (Lipinski definition) is 2. The van der Waals surface area contributed by atoms with Gasteiger partial charge in [0, 0.05) is 16.5 Å². The molecule has 0 fully saturated rings. The zero-order valence-electron chi connectivity index (χ0n) is 12.7. The highest BCUT2D eigenvalue weighted by molar-refractivity contribution is 7.10. The number of carbonyl (C=O) groups excluding carboxylic acids is 2. The Kier molecular flexibility index (Phi) is 5.48. The normalized spacial score (nSPS) is 11.5. The van der Waals surface area contributed by atoms with E-state index in [1.807, 2.05) is 5.38 Å². The molecule has 1 atom stereocenters. The molecule has 2 rings (SSSR count). The number of amides is 1. The van der Waals surface area contributed by atoms with Gasteiger partial charge in [0.15, 0.2) is 0 Å². The summed E-state index contributed by atoms with van der Waals surface area (Å²) >= 11 is 1.38. The fourth-order valence-corrected chi connectivity index (χ4v) is 2.82. The summed E-state index contributed by atoms with van der Waals surface area (Å²) in [5.41, 5.74) is 5.23. The highest BCUT2D eigenvalue weighted by atomic mass is 32.1. The fourth-order valence-electron chi connectivity index (χ4n) is 2.05. The molecule has 9 heteroatoms. The molecule has 0 aliphatic carbocycles. The molecule has 3 N–H and O–H groups in total. The molecule has 1 amide bonds. The largest absolute Gasteiger partial charge is 0.469 e. The molecule has 0 radical (unpaired) electrons. The van der Waals surface area contributed by atoms with Crippen LogP contribution in [0, 0.1) is 10.1 Å². The molecule has 1 aromatic carbocycles. The number of nitro groups is 1. The van der Waals surface area contributed by atoms with Crippen LogP contribution in [0.4, 0.5) is 11.4 Å². The third-order valence-corrected chi connectivity index (χ3v) is 4.27. The number of nitrogens with zero attached hydrogens (tertiary/aromatic N) is 1. The Balaban J connectivity index is 2.23. The average molecular weight is 349 g/mol. The van der Waals surface area contributed by atoms with Crippen molar-refractivity contribution < 1.29 is 19.2 Å². The second-order valence-electron chi connectivity index (χ2n) is 4.85. The van der Waals surface area contributed by atoms with Gasteiger partial charge in [-0.2, -0.15) is 0 Å². The third kappa shape index (κ3) is 4.07. The van der Waals surface area contributed by atoms with Gasteiger partial charge in [0.25, 0.3) is 11.6 Å². The van der Waals surface area contributed by atoms with Gasteiger partial charge < -0.3 is 15.8 Å². The summed E-state index contributed by atoms with van der Waals surface area (Å²) in [6, 6.07) is 6.79. The van der Waals surface area contributed by atoms with Gasteiger partial charge in [0.05, 0.1) is 24.5 Å². The minimum atomic E-state index is -0.655. The van der Waals surface area contributed by atoms with Gasteiger partial charge in [-0.05, 0) is 23.6 Å². The van der Waals surface area contributed by atoms with Crippen LogP contribution in [0.2, 0.25) is 0 Å². The molecule has 0 bridgehead atoms. The van der Waals surface area contributed by atoms with Crippen molar-refractivity contribution in [3.8, 4) is 0 Å². The Morgan fingerprint density at radius 2 is 2.17 bits per heavy atom. The van der Waals surface area contributed by atoms with E-state index in [-0.39, 0.29) is 23.4 Å². The van der Waals surface area contributed by atoms with E-state index < -0.39 is 22.8 Å². The molecule has 126 valence electrons. The molecule has 8 nitrogen and oxygen atoms in total. The monoisotopic (exact) mass is 349 g/mol. The second-order valence-corrected chi connectivity index (χ2v) is 5.83. The van der Waals surface area contributed by atoms with Crippen molar-refractivity contribution in [1.29, 1.82) is 0 Å². The van der Waals surface area contributed by atoms with E-state index in [9.17, 15) is 19.7 Å². The number of thiophene rings is 1. The number of ether oxygens (including phenoxy) is 1. The summed E-state index contributed by atoms with van der Waals surface area (Å²) in [6.07, 6.45) is -0.0418. The fraction of sp³-hybridized carbons (Fsp3) is 0.200. The van der Waals surface area contributed by atoms with Gasteiger partial charge in [-0.1, -0.05) is 6.07 Å². The van der Waals surface area contributed by atoms with Crippen LogP contribution in [0.25, 0.3) is 0 Å². The SMILES string of the molecule is COC(=O)CC(NC(=O)c1ccc(N)c([N+](=O)[O-])c1)c1cccs1. The highest BCUT2D eigenvalue weighted by Gasteiger charge is 2.22. The number of rotatable bonds is 6. The maximum atomic E-state index is 12.4. The topological polar surface area (TPSA) is 125 Å². The number of anilines is 1. The number of benzene rings is 1. The van der Waals surface area contributed by atoms with E-state index in [0.29, 0.717) is 0 Å². The molecule has 0 saturated heterocycles. The lowest BCUT2D eigenvalue weighted by molar-refractivity contribution is -0.383. The first-order valence-electron chi connectivity index (χ1n) is 6.87. The number of nitro benzene ring substituents is 1. The smallest absolute Gasteiger partial charge is 0.307 e. The molecular formula is C15H15N3O5S. The van der Waals surface area contributed by atoms with Gasteiger partial charge in [0.2, 0.25) is 0 Å². The summed E-state index contributed by atoms with van der Waals surface area (Å²) in [7, 11) is 1.26. The Morgan fingerprint density at radius 3 is 2.75 bits per heavy atom. The average Bonchev–Trinajstić information content (AvgIpc) is 3.08. The summed E-state index contributed by atoms with van der Waals surface area (Å²) < 4.78 is 4.64. The molecule has 0 aliphatic rings. The molecular weight excluding hydrogens is 334 g/mol. The van der Waals surface area contributed by atoms with E-state index in [4.69, 9.17) is 5.73 Å². The number of nitrogens with one attached hydrogen (secondary N) is 1. The third-order valence-electron chi connectivity index (χ3n) is 3.28. The van der Waals surface area contributed by atoms with Crippen molar-refractivity contribution in [3.05, 3.63) is 56.3 Å². The van der Waals surface area contributed by atoms with Crippen molar-refractivity contribution in [2.24, 2.45) is 0 Å². The molecule has 1 heterocycles. The first-order chi connectivity index (χ1) is 11.4. The Bertz CT molecular complexity index is 760. The maximum Gasteiger partial charge on any atom is 0.307 e. The molecule has 1 unspecified atom stereocenters. The van der Waals surface area contributed by atoms with E-state index in [0.717, 1.165) is 10.9 Å². The van der Waals surface area contributed by atoms with Crippen LogP contribution < -0.4 is 11.1 Å². The predicted molar refractivity (Wildman–Crippen MR) is 88.7 cm³/mol. The molecule has 0 saturated carbocycles. The molecule has 0 aliphatic heterocycles. The number of esters is 1. The first-order valence-corrected chi connectivity index (χ1v) is 7.75. The number of methoxy groups -OCH3 is 1. The first kappa shape index (κ1) is 17.4. The van der Waals surface area contributed by atoms with Crippen LogP contribution in [0.3, 0.4) is 0 Å². The Hall–Kier alpha value is -2.94. The summed E-state index contributed by atoms with van der Waals surface area (Å²) in [5, 5.41) is 15.4. The number of nitrogens with two attached hydrogens (primary N) is 1. The minimum absolute atomic E-state index is 0.0269. The second kappa shape index (κ2) is 7.55. The molecule has 2 aromatic rings. The lowest BCUT2D eigenvalue weighted by Gasteiger charge is -2.16. The quantitative estimate of drug-likeness (QED) is 0.357. The lowest BCUT2D eigenvalue weighted by Crippen LogP contribution is -2.30. The highest BCUT2D eigenvalue weighted by Crippen LogP contribution is 2.25. The van der Waals surface area contributed by atoms with E-state index in [1.54, 1.807) is 12.1 Å². The predicted octanol–water partition coefficient (Wildman–Crippen LogP) is 2.27. The molecule has 24 heavy (non-hydrogen) atoms. The van der Waals surface area contributed by atoms with E-state index in [1.165, 1.54) is 30.6 Å². The molecule has 0 spiro atoms. The molecule has 1 aromatic heterocycles. The van der Waals surface area contributed by atoms with E-state index >= 15 is 0 Å². The zero-order chi connectivity index (χ0) is 17.7. The number of nitrogen functional groups attached to an aromatic ring is 1. The van der Waals surface area contributed by atoms with Crippen molar-refractivity contribution in [1.82, 2.24) is 5.32 Å². The van der Waals surface area contributed by atoms with Crippen molar-refractivity contribution >= 4 is 34.6 Å². The standard InChI is InChI=1S/C15H15N3O5S/c1-23-14(19)8-11(13-3-2-6-24-13)17-15(20)9-4-5-10(16)12(7-9)18(21)22/h2-7,11H,8,16H2,1H3,(H,17,20). The minimum Gasteiger partial charge on any atom is -0.469 e. The van der Waals surface area contributed by atoms with Crippen LogP contribution in [0.1, 0.15) is 27.7 Å².